The molecular formula is C14H14N2O4S2. The van der Waals surface area contributed by atoms with E-state index in [4.69, 9.17) is 12.2 Å². The van der Waals surface area contributed by atoms with Crippen molar-refractivity contribution < 1.29 is 19.8 Å². The number of carboxylic acid groups (broad SMARTS) is 2. The topological polar surface area (TPSA) is 89.9 Å². The molecule has 0 saturated heterocycles. The van der Waals surface area contributed by atoms with E-state index in [0.717, 1.165) is 9.80 Å². The molecule has 1 unspecified atom stereocenters. The summed E-state index contributed by atoms with van der Waals surface area (Å²) in [6.45, 7) is 1.57. The third-order valence-electron chi connectivity index (χ3n) is 3.32. The van der Waals surface area contributed by atoms with E-state index in [1.54, 1.807) is 19.1 Å². The number of carbonyl (C=O) groups is 2. The number of nitrogens with one attached hydrogen (secondary N) is 1. The van der Waals surface area contributed by atoms with Gasteiger partial charge in [0.25, 0.3) is 0 Å². The molecule has 6 nitrogen and oxygen atoms in total. The van der Waals surface area contributed by atoms with Gasteiger partial charge < -0.3 is 15.5 Å². The van der Waals surface area contributed by atoms with Crippen molar-refractivity contribution in [3.63, 3.8) is 0 Å². The van der Waals surface area contributed by atoms with Crippen molar-refractivity contribution in [2.45, 2.75) is 17.9 Å². The summed E-state index contributed by atoms with van der Waals surface area (Å²) in [6.07, 6.45) is 0.546. The van der Waals surface area contributed by atoms with Gasteiger partial charge in [-0.05, 0) is 37.0 Å². The van der Waals surface area contributed by atoms with Gasteiger partial charge in [-0.3, -0.25) is 0 Å². The zero-order chi connectivity index (χ0) is 16.4. The van der Waals surface area contributed by atoms with Gasteiger partial charge in [0.05, 0.1) is 5.57 Å². The van der Waals surface area contributed by atoms with E-state index in [2.05, 4.69) is 5.32 Å². The number of amides is 1. The Morgan fingerprint density at radius 2 is 1.95 bits per heavy atom. The molecule has 1 aromatic rings. The summed E-state index contributed by atoms with van der Waals surface area (Å²) >= 11 is 6.50. The van der Waals surface area contributed by atoms with Crippen LogP contribution in [0.5, 0.6) is 0 Å². The van der Waals surface area contributed by atoms with E-state index in [9.17, 15) is 19.8 Å². The standard InChI is InChI=1S/C14H14N2O4S2/c1-7-10(12(17)18)11(16(14(19)20)13(21)15-7)8-5-3-4-6-9(8)22-2/h3-6,11H,1-2H3,(H,15,21)(H,17,18)(H,19,20). The van der Waals surface area contributed by atoms with Crippen LogP contribution in [0.1, 0.15) is 18.5 Å². The quantitative estimate of drug-likeness (QED) is 0.576. The maximum absolute atomic E-state index is 11.7. The lowest BCUT2D eigenvalue weighted by Crippen LogP contribution is -2.50. The first kappa shape index (κ1) is 16.3. The third kappa shape index (κ3) is 2.79. The van der Waals surface area contributed by atoms with Gasteiger partial charge >= 0.3 is 12.1 Å². The summed E-state index contributed by atoms with van der Waals surface area (Å²) in [5, 5.41) is 21.6. The minimum Gasteiger partial charge on any atom is -0.478 e. The Bertz CT molecular complexity index is 687. The van der Waals surface area contributed by atoms with Gasteiger partial charge in [-0.25, -0.2) is 14.5 Å². The smallest absolute Gasteiger partial charge is 0.414 e. The minimum absolute atomic E-state index is 0.0301. The van der Waals surface area contributed by atoms with Gasteiger partial charge in [0.2, 0.25) is 0 Å². The lowest BCUT2D eigenvalue weighted by atomic mass is 9.94. The highest BCUT2D eigenvalue weighted by molar-refractivity contribution is 7.98. The van der Waals surface area contributed by atoms with Crippen molar-refractivity contribution >= 4 is 41.2 Å². The van der Waals surface area contributed by atoms with Crippen molar-refractivity contribution in [1.82, 2.24) is 10.2 Å². The molecule has 116 valence electrons. The maximum Gasteiger partial charge on any atom is 0.414 e. The van der Waals surface area contributed by atoms with Crippen molar-refractivity contribution in [3.05, 3.63) is 41.1 Å². The molecule has 0 radical (unpaired) electrons. The highest BCUT2D eigenvalue weighted by Crippen LogP contribution is 2.38. The van der Waals surface area contributed by atoms with Crippen LogP contribution in [0.15, 0.2) is 40.4 Å². The highest BCUT2D eigenvalue weighted by atomic mass is 32.2. The van der Waals surface area contributed by atoms with Gasteiger partial charge in [0, 0.05) is 10.6 Å². The number of allylic oxidation sites excluding steroid dienone is 1. The van der Waals surface area contributed by atoms with Gasteiger partial charge in [-0.2, -0.15) is 0 Å². The molecule has 1 amide bonds. The molecule has 1 atom stereocenters. The number of thioether (sulfide) groups is 1. The van der Waals surface area contributed by atoms with Gasteiger partial charge in [0.15, 0.2) is 5.11 Å². The molecule has 1 aliphatic heterocycles. The van der Waals surface area contributed by atoms with E-state index in [0.29, 0.717) is 11.3 Å². The zero-order valence-corrected chi connectivity index (χ0v) is 13.5. The number of aliphatic carboxylic acids is 1. The summed E-state index contributed by atoms with van der Waals surface area (Å²) in [5.41, 5.74) is 0.909. The zero-order valence-electron chi connectivity index (χ0n) is 11.9. The molecule has 22 heavy (non-hydrogen) atoms. The van der Waals surface area contributed by atoms with Crippen molar-refractivity contribution in [2.24, 2.45) is 0 Å². The molecule has 0 aromatic heterocycles. The number of benzene rings is 1. The van der Waals surface area contributed by atoms with E-state index < -0.39 is 18.1 Å². The van der Waals surface area contributed by atoms with Crippen LogP contribution in [0.25, 0.3) is 0 Å². The van der Waals surface area contributed by atoms with E-state index in [1.165, 1.54) is 11.8 Å². The molecule has 2 rings (SSSR count). The summed E-state index contributed by atoms with van der Waals surface area (Å²) < 4.78 is 0. The van der Waals surface area contributed by atoms with Crippen LogP contribution in [0, 0.1) is 0 Å². The Hall–Kier alpha value is -2.06. The van der Waals surface area contributed by atoms with Crippen LogP contribution < -0.4 is 5.32 Å². The van der Waals surface area contributed by atoms with Gasteiger partial charge in [-0.1, -0.05) is 18.2 Å². The molecule has 8 heteroatoms. The number of carboxylic acids is 1. The fraction of sp³-hybridized carbons (Fsp3) is 0.214. The Morgan fingerprint density at radius 3 is 2.50 bits per heavy atom. The van der Waals surface area contributed by atoms with Crippen LogP contribution in [0.2, 0.25) is 0 Å². The second kappa shape index (κ2) is 6.37. The fourth-order valence-corrected chi connectivity index (χ4v) is 3.37. The summed E-state index contributed by atoms with van der Waals surface area (Å²) in [5.74, 6) is -1.18. The molecule has 0 bridgehead atoms. The van der Waals surface area contributed by atoms with Crippen LogP contribution in [0.3, 0.4) is 0 Å². The molecule has 3 N–H and O–H groups in total. The molecule has 0 spiro atoms. The first-order valence-electron chi connectivity index (χ1n) is 6.28. The lowest BCUT2D eigenvalue weighted by molar-refractivity contribution is -0.133. The van der Waals surface area contributed by atoms with Crippen LogP contribution in [-0.2, 0) is 4.79 Å². The van der Waals surface area contributed by atoms with Crippen molar-refractivity contribution in [1.29, 1.82) is 0 Å². The number of nitrogens with zero attached hydrogens (tertiary/aromatic N) is 1. The van der Waals surface area contributed by atoms with Gasteiger partial charge in [0.1, 0.15) is 6.04 Å². The second-order valence-electron chi connectivity index (χ2n) is 4.57. The summed E-state index contributed by atoms with van der Waals surface area (Å²) in [6, 6.07) is 6.12. The second-order valence-corrected chi connectivity index (χ2v) is 5.81. The molecule has 1 aromatic carbocycles. The fourth-order valence-electron chi connectivity index (χ4n) is 2.40. The third-order valence-corrected chi connectivity index (χ3v) is 4.43. The Kier molecular flexibility index (Phi) is 4.72. The number of hydrogen-bond acceptors (Lipinski definition) is 4. The number of hydrogen-bond donors (Lipinski definition) is 3. The first-order valence-corrected chi connectivity index (χ1v) is 7.92. The van der Waals surface area contributed by atoms with E-state index >= 15 is 0 Å². The number of thiocarbonyl (C=S) groups is 1. The summed E-state index contributed by atoms with van der Waals surface area (Å²) in [4.78, 5) is 24.9. The molecule has 1 aliphatic rings. The molecular weight excluding hydrogens is 324 g/mol. The monoisotopic (exact) mass is 338 g/mol. The normalized spacial score (nSPS) is 18.2. The highest BCUT2D eigenvalue weighted by Gasteiger charge is 2.40. The van der Waals surface area contributed by atoms with Gasteiger partial charge in [-0.15, -0.1) is 11.8 Å². The van der Waals surface area contributed by atoms with Crippen LogP contribution >= 0.6 is 24.0 Å². The molecule has 0 aliphatic carbocycles. The molecule has 0 saturated carbocycles. The van der Waals surface area contributed by atoms with Crippen molar-refractivity contribution in [2.75, 3.05) is 6.26 Å². The lowest BCUT2D eigenvalue weighted by Gasteiger charge is -2.36. The molecule has 0 fully saturated rings. The Morgan fingerprint density at radius 1 is 1.32 bits per heavy atom. The largest absolute Gasteiger partial charge is 0.478 e. The predicted octanol–water partition coefficient (Wildman–Crippen LogP) is 2.68. The molecule has 1 heterocycles. The van der Waals surface area contributed by atoms with E-state index in [-0.39, 0.29) is 10.7 Å². The maximum atomic E-state index is 11.7. The SMILES string of the molecule is CSc1ccccc1C1C(C(=O)O)=C(C)NC(=S)N1C(=O)O. The average molecular weight is 338 g/mol. The Labute approximate surface area is 136 Å². The van der Waals surface area contributed by atoms with E-state index in [1.807, 2.05) is 18.4 Å². The van der Waals surface area contributed by atoms with Crippen molar-refractivity contribution in [3.8, 4) is 0 Å². The Balaban J connectivity index is 2.72. The first-order chi connectivity index (χ1) is 10.4. The number of rotatable bonds is 3. The average Bonchev–Trinajstić information content (AvgIpc) is 2.45. The summed E-state index contributed by atoms with van der Waals surface area (Å²) in [7, 11) is 0. The minimum atomic E-state index is -1.30. The predicted molar refractivity (Wildman–Crippen MR) is 86.9 cm³/mol. The van der Waals surface area contributed by atoms with Crippen LogP contribution in [-0.4, -0.2) is 38.5 Å². The van der Waals surface area contributed by atoms with Crippen LogP contribution in [0.4, 0.5) is 4.79 Å².